The summed E-state index contributed by atoms with van der Waals surface area (Å²) in [5.74, 6) is -1.23. The van der Waals surface area contributed by atoms with E-state index in [4.69, 9.17) is 9.47 Å². The quantitative estimate of drug-likeness (QED) is 0.429. The van der Waals surface area contributed by atoms with Gasteiger partial charge in [0.2, 0.25) is 0 Å². The number of rotatable bonds is 4. The topological polar surface area (TPSA) is 72.9 Å². The maximum atomic E-state index is 13.5. The molecule has 168 valence electrons. The van der Waals surface area contributed by atoms with E-state index >= 15 is 0 Å². The minimum atomic E-state index is -1.54. The monoisotopic (exact) mass is 499 g/mol. The van der Waals surface area contributed by atoms with Crippen LogP contribution in [0.5, 0.6) is 0 Å². The number of benzene rings is 2. The first kappa shape index (κ1) is 23.7. The largest absolute Gasteiger partial charge is 0.467 e. The minimum Gasteiger partial charge on any atom is -0.467 e. The number of amides is 2. The lowest BCUT2D eigenvalue weighted by molar-refractivity contribution is -0.156. The maximum Gasteiger partial charge on any atom is 0.418 e. The molecule has 1 aliphatic rings. The Morgan fingerprint density at radius 2 is 1.72 bits per heavy atom. The highest BCUT2D eigenvalue weighted by Gasteiger charge is 2.58. The van der Waals surface area contributed by atoms with Gasteiger partial charge in [-0.05, 0) is 50.1 Å². The number of imide groups is 1. The first-order valence-electron chi connectivity index (χ1n) is 10.2. The van der Waals surface area contributed by atoms with Crippen LogP contribution in [0.1, 0.15) is 38.3 Å². The van der Waals surface area contributed by atoms with E-state index in [-0.39, 0.29) is 12.8 Å². The lowest BCUT2D eigenvalue weighted by Crippen LogP contribution is -2.57. The Morgan fingerprint density at radius 3 is 2.28 bits per heavy atom. The van der Waals surface area contributed by atoms with Gasteiger partial charge in [-0.15, -0.1) is 0 Å². The first-order valence-corrected chi connectivity index (χ1v) is 11.0. The van der Waals surface area contributed by atoms with Crippen molar-refractivity contribution in [2.24, 2.45) is 0 Å². The molecule has 6 nitrogen and oxygen atoms in total. The fourth-order valence-corrected chi connectivity index (χ4v) is 4.01. The van der Waals surface area contributed by atoms with E-state index in [1.807, 2.05) is 54.6 Å². The van der Waals surface area contributed by atoms with Crippen LogP contribution in [-0.4, -0.2) is 41.1 Å². The second-order valence-corrected chi connectivity index (χ2v) is 9.62. The summed E-state index contributed by atoms with van der Waals surface area (Å²) in [6.45, 7) is 5.13. The molecule has 7 heteroatoms. The van der Waals surface area contributed by atoms with Gasteiger partial charge in [-0.2, -0.15) is 0 Å². The Morgan fingerprint density at radius 1 is 1.09 bits per heavy atom. The molecule has 0 unspecified atom stereocenters. The zero-order valence-corrected chi connectivity index (χ0v) is 20.1. The number of likely N-dealkylation sites (tertiary alicyclic amines) is 1. The molecule has 0 aromatic heterocycles. The van der Waals surface area contributed by atoms with Crippen LogP contribution in [0.2, 0.25) is 0 Å². The zero-order chi connectivity index (χ0) is 23.5. The number of ether oxygens (including phenoxy) is 2. The van der Waals surface area contributed by atoms with Crippen LogP contribution in [-0.2, 0) is 25.5 Å². The van der Waals surface area contributed by atoms with Crippen molar-refractivity contribution in [2.45, 2.75) is 44.8 Å². The van der Waals surface area contributed by atoms with Crippen molar-refractivity contribution in [1.29, 1.82) is 0 Å². The number of hydrogen-bond donors (Lipinski definition) is 0. The van der Waals surface area contributed by atoms with E-state index in [1.165, 1.54) is 7.11 Å². The zero-order valence-electron chi connectivity index (χ0n) is 18.6. The fourth-order valence-electron chi connectivity index (χ4n) is 3.75. The van der Waals surface area contributed by atoms with Crippen molar-refractivity contribution in [3.8, 4) is 0 Å². The van der Waals surface area contributed by atoms with E-state index in [2.05, 4.69) is 15.9 Å². The minimum absolute atomic E-state index is 0.0166. The number of carbonyl (C=O) groups is 3. The molecule has 0 N–H and O–H groups in total. The molecule has 1 heterocycles. The molecule has 2 aromatic carbocycles. The molecule has 0 bridgehead atoms. The number of esters is 1. The molecule has 0 saturated carbocycles. The van der Waals surface area contributed by atoms with Crippen LogP contribution in [0.15, 0.2) is 64.6 Å². The first-order chi connectivity index (χ1) is 15.1. The average Bonchev–Trinajstić information content (AvgIpc) is 3.00. The molecular formula is C25H26BrNO5. The molecule has 2 amide bonds. The molecule has 2 aromatic rings. The Kier molecular flexibility index (Phi) is 6.88. The summed E-state index contributed by atoms with van der Waals surface area (Å²) in [6.07, 6.45) is 0.955. The summed E-state index contributed by atoms with van der Waals surface area (Å²) >= 11 is 3.39. The van der Waals surface area contributed by atoms with Crippen LogP contribution < -0.4 is 0 Å². The van der Waals surface area contributed by atoms with Gasteiger partial charge in [0.15, 0.2) is 5.54 Å². The highest BCUT2D eigenvalue weighted by molar-refractivity contribution is 9.10. The average molecular weight is 500 g/mol. The Balaban J connectivity index is 2.12. The lowest BCUT2D eigenvalue weighted by atomic mass is 9.87. The van der Waals surface area contributed by atoms with Crippen molar-refractivity contribution in [2.75, 3.05) is 7.11 Å². The number of hydrogen-bond acceptors (Lipinski definition) is 5. The fraction of sp³-hybridized carbons (Fsp3) is 0.320. The number of carbonyl (C=O) groups excluding carboxylic acids is 3. The third-order valence-corrected chi connectivity index (χ3v) is 5.61. The molecule has 0 spiro atoms. The highest BCUT2D eigenvalue weighted by Crippen LogP contribution is 2.40. The second-order valence-electron chi connectivity index (χ2n) is 8.70. The van der Waals surface area contributed by atoms with Gasteiger partial charge in [0, 0.05) is 22.9 Å². The van der Waals surface area contributed by atoms with Gasteiger partial charge in [-0.1, -0.05) is 58.4 Å². The van der Waals surface area contributed by atoms with Crippen LogP contribution >= 0.6 is 15.9 Å². The summed E-state index contributed by atoms with van der Waals surface area (Å²) in [5.41, 5.74) is -0.481. The van der Waals surface area contributed by atoms with Gasteiger partial charge in [-0.3, -0.25) is 4.79 Å². The molecule has 0 radical (unpaired) electrons. The predicted molar refractivity (Wildman–Crippen MR) is 125 cm³/mol. The molecular weight excluding hydrogens is 474 g/mol. The predicted octanol–water partition coefficient (Wildman–Crippen LogP) is 5.15. The molecule has 1 aliphatic heterocycles. The summed E-state index contributed by atoms with van der Waals surface area (Å²) in [4.78, 5) is 40.7. The van der Waals surface area contributed by atoms with Gasteiger partial charge in [0.25, 0.3) is 5.91 Å². The number of nitrogens with zero attached hydrogens (tertiary/aromatic N) is 1. The van der Waals surface area contributed by atoms with Gasteiger partial charge < -0.3 is 9.47 Å². The van der Waals surface area contributed by atoms with Crippen molar-refractivity contribution in [3.05, 3.63) is 75.8 Å². The lowest BCUT2D eigenvalue weighted by Gasteiger charge is -2.35. The van der Waals surface area contributed by atoms with Crippen molar-refractivity contribution < 1.29 is 23.9 Å². The molecule has 0 aliphatic carbocycles. The maximum absolute atomic E-state index is 13.5. The van der Waals surface area contributed by atoms with Crippen LogP contribution in [0.4, 0.5) is 4.79 Å². The van der Waals surface area contributed by atoms with Gasteiger partial charge >= 0.3 is 12.1 Å². The molecule has 1 atom stereocenters. The van der Waals surface area contributed by atoms with Crippen LogP contribution in [0.25, 0.3) is 6.08 Å². The molecule has 1 fully saturated rings. The van der Waals surface area contributed by atoms with E-state index < -0.39 is 29.1 Å². The number of methoxy groups -OCH3 is 1. The molecule has 1 saturated heterocycles. The number of halogens is 1. The summed E-state index contributed by atoms with van der Waals surface area (Å²) in [6, 6.07) is 16.6. The van der Waals surface area contributed by atoms with Crippen LogP contribution in [0, 0.1) is 0 Å². The Labute approximate surface area is 196 Å². The van der Waals surface area contributed by atoms with E-state index in [1.54, 1.807) is 26.8 Å². The van der Waals surface area contributed by atoms with Gasteiger partial charge in [0.05, 0.1) is 7.11 Å². The third kappa shape index (κ3) is 5.10. The normalized spacial score (nSPS) is 19.8. The smallest absolute Gasteiger partial charge is 0.418 e. The SMILES string of the molecule is COC(=O)[C@]1(Cc2ccccc2)C/C(=C\c2ccc(Br)cc2)C(=O)N1C(=O)OC(C)(C)C. The van der Waals surface area contributed by atoms with Crippen LogP contribution in [0.3, 0.4) is 0 Å². The second kappa shape index (κ2) is 9.28. The van der Waals surface area contributed by atoms with E-state index in [0.29, 0.717) is 5.57 Å². The Hall–Kier alpha value is -2.93. The van der Waals surface area contributed by atoms with Crippen molar-refractivity contribution in [1.82, 2.24) is 4.90 Å². The van der Waals surface area contributed by atoms with E-state index in [9.17, 15) is 14.4 Å². The standard InChI is InChI=1S/C25H26BrNO5/c1-24(2,3)32-23(30)27-21(28)19(14-17-10-12-20(26)13-11-17)16-25(27,22(29)31-4)15-18-8-6-5-7-9-18/h5-14H,15-16H2,1-4H3/b19-14+/t25-/m0/s1. The highest BCUT2D eigenvalue weighted by atomic mass is 79.9. The molecule has 3 rings (SSSR count). The summed E-state index contributed by atoms with van der Waals surface area (Å²) in [5, 5.41) is 0. The van der Waals surface area contributed by atoms with Crippen molar-refractivity contribution >= 4 is 40.0 Å². The Bertz CT molecular complexity index is 1040. The van der Waals surface area contributed by atoms with Gasteiger partial charge in [-0.25, -0.2) is 14.5 Å². The van der Waals surface area contributed by atoms with E-state index in [0.717, 1.165) is 20.5 Å². The summed E-state index contributed by atoms with van der Waals surface area (Å²) in [7, 11) is 1.25. The third-order valence-electron chi connectivity index (χ3n) is 5.08. The van der Waals surface area contributed by atoms with Crippen molar-refractivity contribution in [3.63, 3.8) is 0 Å². The summed E-state index contributed by atoms with van der Waals surface area (Å²) < 4.78 is 11.5. The van der Waals surface area contributed by atoms with Gasteiger partial charge in [0.1, 0.15) is 5.60 Å². The molecule has 32 heavy (non-hydrogen) atoms.